The van der Waals surface area contributed by atoms with E-state index in [9.17, 15) is 15.3 Å². The molecule has 0 saturated carbocycles. The van der Waals surface area contributed by atoms with E-state index in [2.05, 4.69) is 35.3 Å². The minimum atomic E-state index is -0.460. The van der Waals surface area contributed by atoms with Gasteiger partial charge in [0.05, 0.1) is 5.56 Å². The number of nitrogens with one attached hydrogen (secondary N) is 1. The first kappa shape index (κ1) is 21.2. The van der Waals surface area contributed by atoms with Crippen molar-refractivity contribution in [1.82, 2.24) is 0 Å². The Kier molecular flexibility index (Phi) is 6.11. The number of hydrogen-bond donors (Lipinski definition) is 1. The predicted octanol–water partition coefficient (Wildman–Crippen LogP) is 5.26. The van der Waals surface area contributed by atoms with Gasteiger partial charge in [-0.2, -0.15) is 10.5 Å². The number of anilines is 2. The van der Waals surface area contributed by atoms with Gasteiger partial charge in [-0.25, -0.2) is 0 Å². The van der Waals surface area contributed by atoms with Crippen molar-refractivity contribution in [1.29, 1.82) is 10.5 Å². The van der Waals surface area contributed by atoms with E-state index in [1.807, 2.05) is 13.0 Å². The third-order valence-corrected chi connectivity index (χ3v) is 7.41. The SMILES string of the molecule is Cc1cc(N2CCCC2)c(C)cc1/C=C(\C#N)C(=O)Nc1sc2c(c1C#N)CCCC2. The van der Waals surface area contributed by atoms with E-state index in [1.165, 1.54) is 34.7 Å². The second kappa shape index (κ2) is 8.96. The first-order valence-electron chi connectivity index (χ1n) is 10.9. The van der Waals surface area contributed by atoms with E-state index >= 15 is 0 Å². The molecular formula is C25H26N4OS. The number of thiophene rings is 1. The molecule has 2 aliphatic rings. The normalized spacial score (nSPS) is 15.9. The summed E-state index contributed by atoms with van der Waals surface area (Å²) in [7, 11) is 0. The Morgan fingerprint density at radius 1 is 1.10 bits per heavy atom. The highest BCUT2D eigenvalue weighted by atomic mass is 32.1. The van der Waals surface area contributed by atoms with Crippen LogP contribution in [0.1, 0.15) is 58.4 Å². The molecule has 1 N–H and O–H groups in total. The Balaban J connectivity index is 1.60. The maximum Gasteiger partial charge on any atom is 0.266 e. The van der Waals surface area contributed by atoms with Crippen molar-refractivity contribution in [3.63, 3.8) is 0 Å². The maximum atomic E-state index is 12.9. The van der Waals surface area contributed by atoms with E-state index in [0.717, 1.165) is 61.0 Å². The zero-order chi connectivity index (χ0) is 22.0. The second-order valence-corrected chi connectivity index (χ2v) is 9.45. The van der Waals surface area contributed by atoms with Crippen LogP contribution in [0.2, 0.25) is 0 Å². The number of nitrogens with zero attached hydrogens (tertiary/aromatic N) is 3. The van der Waals surface area contributed by atoms with Gasteiger partial charge in [0, 0.05) is 23.7 Å². The van der Waals surface area contributed by atoms with Gasteiger partial charge in [-0.05, 0) is 92.8 Å². The van der Waals surface area contributed by atoms with Gasteiger partial charge >= 0.3 is 0 Å². The van der Waals surface area contributed by atoms with Crippen LogP contribution in [0.4, 0.5) is 10.7 Å². The molecule has 2 aromatic rings. The molecule has 4 rings (SSSR count). The molecule has 0 bridgehead atoms. The van der Waals surface area contributed by atoms with E-state index in [0.29, 0.717) is 10.6 Å². The lowest BCUT2D eigenvalue weighted by Gasteiger charge is -2.21. The number of benzene rings is 1. The van der Waals surface area contributed by atoms with Crippen LogP contribution in [0.15, 0.2) is 17.7 Å². The Morgan fingerprint density at radius 3 is 2.55 bits per heavy atom. The smallest absolute Gasteiger partial charge is 0.266 e. The van der Waals surface area contributed by atoms with Crippen molar-refractivity contribution in [2.24, 2.45) is 0 Å². The molecular weight excluding hydrogens is 404 g/mol. The Morgan fingerprint density at radius 2 is 1.84 bits per heavy atom. The van der Waals surface area contributed by atoms with Gasteiger partial charge in [0.25, 0.3) is 5.91 Å². The quantitative estimate of drug-likeness (QED) is 0.530. The molecule has 6 heteroatoms. The molecule has 1 amide bonds. The van der Waals surface area contributed by atoms with Crippen molar-refractivity contribution in [3.8, 4) is 12.1 Å². The Hall–Kier alpha value is -3.09. The fourth-order valence-corrected chi connectivity index (χ4v) is 5.76. The van der Waals surface area contributed by atoms with E-state index in [1.54, 1.807) is 6.08 Å². The largest absolute Gasteiger partial charge is 0.371 e. The minimum Gasteiger partial charge on any atom is -0.371 e. The number of carbonyl (C=O) groups is 1. The van der Waals surface area contributed by atoms with Crippen LogP contribution in [-0.2, 0) is 17.6 Å². The highest BCUT2D eigenvalue weighted by molar-refractivity contribution is 7.16. The van der Waals surface area contributed by atoms with Gasteiger partial charge in [-0.15, -0.1) is 11.3 Å². The zero-order valence-electron chi connectivity index (χ0n) is 18.0. The number of rotatable bonds is 4. The Labute approximate surface area is 187 Å². The van der Waals surface area contributed by atoms with Crippen molar-refractivity contribution >= 4 is 34.0 Å². The number of amides is 1. The highest BCUT2D eigenvalue weighted by Crippen LogP contribution is 2.38. The summed E-state index contributed by atoms with van der Waals surface area (Å²) in [4.78, 5) is 16.5. The first-order chi connectivity index (χ1) is 15.0. The second-order valence-electron chi connectivity index (χ2n) is 8.34. The molecule has 1 saturated heterocycles. The molecule has 0 unspecified atom stereocenters. The summed E-state index contributed by atoms with van der Waals surface area (Å²) in [5, 5.41) is 22.7. The zero-order valence-corrected chi connectivity index (χ0v) is 18.9. The summed E-state index contributed by atoms with van der Waals surface area (Å²) < 4.78 is 0. The van der Waals surface area contributed by atoms with Gasteiger partial charge in [0.15, 0.2) is 0 Å². The lowest BCUT2D eigenvalue weighted by atomic mass is 9.96. The summed E-state index contributed by atoms with van der Waals surface area (Å²) in [6, 6.07) is 8.51. The molecule has 1 aromatic heterocycles. The average Bonchev–Trinajstić information content (AvgIpc) is 3.41. The number of carbonyl (C=O) groups excluding carboxylic acids is 1. The molecule has 5 nitrogen and oxygen atoms in total. The van der Waals surface area contributed by atoms with Crippen molar-refractivity contribution in [2.45, 2.75) is 52.4 Å². The number of fused-ring (bicyclic) bond motifs is 1. The summed E-state index contributed by atoms with van der Waals surface area (Å²) >= 11 is 1.47. The molecule has 158 valence electrons. The first-order valence-corrected chi connectivity index (χ1v) is 11.7. The summed E-state index contributed by atoms with van der Waals surface area (Å²) in [6.45, 7) is 6.24. The van der Waals surface area contributed by atoms with Gasteiger partial charge in [0.1, 0.15) is 22.7 Å². The summed E-state index contributed by atoms with van der Waals surface area (Å²) in [5.41, 5.74) is 5.97. The summed E-state index contributed by atoms with van der Waals surface area (Å²) in [6.07, 6.45) is 8.11. The molecule has 1 aliphatic heterocycles. The molecule has 1 aromatic carbocycles. The van der Waals surface area contributed by atoms with Crippen molar-refractivity contribution in [3.05, 3.63) is 50.4 Å². The van der Waals surface area contributed by atoms with E-state index in [4.69, 9.17) is 0 Å². The third kappa shape index (κ3) is 4.22. The molecule has 2 heterocycles. The maximum absolute atomic E-state index is 12.9. The molecule has 0 atom stereocenters. The van der Waals surface area contributed by atoms with Crippen LogP contribution in [0.5, 0.6) is 0 Å². The number of hydrogen-bond acceptors (Lipinski definition) is 5. The fraction of sp³-hybridized carbons (Fsp3) is 0.400. The monoisotopic (exact) mass is 430 g/mol. The predicted molar refractivity (Wildman–Crippen MR) is 125 cm³/mol. The number of aryl methyl sites for hydroxylation is 3. The van der Waals surface area contributed by atoms with Gasteiger partial charge < -0.3 is 10.2 Å². The van der Waals surface area contributed by atoms with Crippen LogP contribution in [0, 0.1) is 36.5 Å². The van der Waals surface area contributed by atoms with E-state index < -0.39 is 5.91 Å². The van der Waals surface area contributed by atoms with E-state index in [-0.39, 0.29) is 5.57 Å². The third-order valence-electron chi connectivity index (χ3n) is 6.21. The lowest BCUT2D eigenvalue weighted by Crippen LogP contribution is -2.19. The lowest BCUT2D eigenvalue weighted by molar-refractivity contribution is -0.112. The van der Waals surface area contributed by atoms with Gasteiger partial charge in [-0.1, -0.05) is 0 Å². The van der Waals surface area contributed by atoms with Gasteiger partial charge in [-0.3, -0.25) is 4.79 Å². The topological polar surface area (TPSA) is 79.9 Å². The number of nitriles is 2. The molecule has 1 fully saturated rings. The minimum absolute atomic E-state index is 0.0479. The molecule has 31 heavy (non-hydrogen) atoms. The van der Waals surface area contributed by atoms with Crippen molar-refractivity contribution in [2.75, 3.05) is 23.3 Å². The highest BCUT2D eigenvalue weighted by Gasteiger charge is 2.23. The molecule has 0 spiro atoms. The molecule has 0 radical (unpaired) electrons. The van der Waals surface area contributed by atoms with Crippen LogP contribution in [0.3, 0.4) is 0 Å². The van der Waals surface area contributed by atoms with Crippen LogP contribution in [-0.4, -0.2) is 19.0 Å². The summed E-state index contributed by atoms with van der Waals surface area (Å²) in [5.74, 6) is -0.460. The van der Waals surface area contributed by atoms with Crippen molar-refractivity contribution < 1.29 is 4.79 Å². The van der Waals surface area contributed by atoms with Crippen LogP contribution < -0.4 is 10.2 Å². The molecule has 1 aliphatic carbocycles. The average molecular weight is 431 g/mol. The van der Waals surface area contributed by atoms with Crippen LogP contribution in [0.25, 0.3) is 6.08 Å². The Bertz CT molecular complexity index is 1140. The van der Waals surface area contributed by atoms with Gasteiger partial charge in [0.2, 0.25) is 0 Å². The van der Waals surface area contributed by atoms with Crippen LogP contribution >= 0.6 is 11.3 Å². The fourth-order valence-electron chi connectivity index (χ4n) is 4.52. The standard InChI is InChI=1S/C25H26N4OS/c1-16-12-22(29-9-5-6-10-29)17(2)11-18(16)13-19(14-26)24(30)28-25-21(15-27)20-7-3-4-8-23(20)31-25/h11-13H,3-10H2,1-2H3,(H,28,30)/b19-13+.